The predicted octanol–water partition coefficient (Wildman–Crippen LogP) is 5.68. The molecular weight excluding hydrogens is 489 g/mol. The van der Waals surface area contributed by atoms with Crippen molar-refractivity contribution in [2.24, 2.45) is 0 Å². The van der Waals surface area contributed by atoms with Gasteiger partial charge in [-0.05, 0) is 61.4 Å². The molecule has 36 heavy (non-hydrogen) atoms. The van der Waals surface area contributed by atoms with Gasteiger partial charge in [-0.2, -0.15) is 18.4 Å². The van der Waals surface area contributed by atoms with Crippen molar-refractivity contribution < 1.29 is 18.0 Å². The first-order chi connectivity index (χ1) is 17.1. The topological polar surface area (TPSA) is 84.3 Å². The molecule has 7 nitrogen and oxygen atoms in total. The molecule has 11 heteroatoms. The summed E-state index contributed by atoms with van der Waals surface area (Å²) in [5.41, 5.74) is 1.19. The number of nitriles is 1. The highest BCUT2D eigenvalue weighted by Gasteiger charge is 2.40. The largest absolute Gasteiger partial charge is 0.417 e. The van der Waals surface area contributed by atoms with E-state index in [1.807, 2.05) is 30.9 Å². The fraction of sp³-hybridized carbons (Fsp3) is 0.240. The van der Waals surface area contributed by atoms with Gasteiger partial charge in [-0.3, -0.25) is 9.69 Å². The Bertz CT molecular complexity index is 1420. The van der Waals surface area contributed by atoms with Gasteiger partial charge in [0.15, 0.2) is 11.3 Å². The molecule has 1 amide bonds. The number of carbonyl (C=O) groups excluding carboxylic acids is 1. The number of aromatic nitrogens is 1. The molecule has 2 aliphatic heterocycles. The number of benzene rings is 2. The monoisotopic (exact) mass is 510 g/mol. The van der Waals surface area contributed by atoms with Crippen molar-refractivity contribution in [2.45, 2.75) is 38.1 Å². The van der Waals surface area contributed by atoms with Gasteiger partial charge in [0.1, 0.15) is 0 Å². The Labute approximate surface area is 210 Å². The number of hydrogen-bond donors (Lipinski definition) is 3. The summed E-state index contributed by atoms with van der Waals surface area (Å²) in [6, 6.07) is 12.3. The van der Waals surface area contributed by atoms with E-state index in [0.717, 1.165) is 24.1 Å². The molecule has 0 bridgehead atoms. The molecule has 2 N–H and O–H groups in total. The molecule has 5 rings (SSSR count). The number of halogens is 3. The predicted molar refractivity (Wildman–Crippen MR) is 134 cm³/mol. The van der Waals surface area contributed by atoms with Crippen molar-refractivity contribution in [3.05, 3.63) is 70.9 Å². The van der Waals surface area contributed by atoms with Crippen LogP contribution in [0, 0.1) is 18.3 Å². The standard InChI is InChI=1S/C25H21F3N6OS/c1-3-20-31-19-7-6-15(10-17(19)23(35)32-20)33-21-13(2)8-9-30-22(21)34(24(33)36)16-5-4-14(12-29)18(11-16)25(26,27)28/h4-11,20,24,31,36H,3H2,1-2H3,(H,32,35)/t20-,24?/m1/s1. The van der Waals surface area contributed by atoms with Crippen LogP contribution in [-0.2, 0) is 6.18 Å². The molecule has 1 aromatic heterocycles. The quantitative estimate of drug-likeness (QED) is 0.394. The van der Waals surface area contributed by atoms with Crippen molar-refractivity contribution in [1.82, 2.24) is 10.3 Å². The first kappa shape index (κ1) is 23.8. The summed E-state index contributed by atoms with van der Waals surface area (Å²) in [6.45, 7) is 3.83. The SMILES string of the molecule is CC[C@H]1NC(=O)c2cc(N3c4c(C)ccnc4N(c4ccc(C#N)c(C(F)(F)F)c4)C3S)ccc2N1. The highest BCUT2D eigenvalue weighted by molar-refractivity contribution is 7.81. The first-order valence-corrected chi connectivity index (χ1v) is 11.7. The summed E-state index contributed by atoms with van der Waals surface area (Å²) >= 11 is 4.78. The highest BCUT2D eigenvalue weighted by atomic mass is 32.1. The second-order valence-electron chi connectivity index (χ2n) is 8.53. The minimum atomic E-state index is -4.70. The van der Waals surface area contributed by atoms with Crippen molar-refractivity contribution in [3.8, 4) is 6.07 Å². The zero-order chi connectivity index (χ0) is 25.8. The molecule has 3 heterocycles. The van der Waals surface area contributed by atoms with Gasteiger partial charge in [0, 0.05) is 23.3 Å². The van der Waals surface area contributed by atoms with Gasteiger partial charge in [0.2, 0.25) is 0 Å². The van der Waals surface area contributed by atoms with Crippen LogP contribution in [0.2, 0.25) is 0 Å². The van der Waals surface area contributed by atoms with Gasteiger partial charge in [-0.15, -0.1) is 12.6 Å². The zero-order valence-electron chi connectivity index (χ0n) is 19.3. The summed E-state index contributed by atoms with van der Waals surface area (Å²) in [6.07, 6.45) is -2.57. The lowest BCUT2D eigenvalue weighted by atomic mass is 10.1. The van der Waals surface area contributed by atoms with Gasteiger partial charge in [-0.25, -0.2) is 4.98 Å². The van der Waals surface area contributed by atoms with E-state index in [1.165, 1.54) is 6.07 Å². The highest BCUT2D eigenvalue weighted by Crippen LogP contribution is 2.50. The van der Waals surface area contributed by atoms with Crippen molar-refractivity contribution in [1.29, 1.82) is 5.26 Å². The molecule has 0 saturated carbocycles. The summed E-state index contributed by atoms with van der Waals surface area (Å²) in [4.78, 5) is 20.6. The third-order valence-corrected chi connectivity index (χ3v) is 6.78. The number of carbonyl (C=O) groups is 1. The van der Waals surface area contributed by atoms with E-state index in [4.69, 9.17) is 12.6 Å². The Morgan fingerprint density at radius 2 is 1.83 bits per heavy atom. The maximum atomic E-state index is 13.7. The number of pyridine rings is 1. The van der Waals surface area contributed by atoms with Gasteiger partial charge < -0.3 is 15.5 Å². The number of anilines is 5. The fourth-order valence-electron chi connectivity index (χ4n) is 4.54. The normalized spacial score (nSPS) is 18.8. The van der Waals surface area contributed by atoms with Crippen molar-refractivity contribution in [3.63, 3.8) is 0 Å². The van der Waals surface area contributed by atoms with E-state index in [0.29, 0.717) is 28.4 Å². The van der Waals surface area contributed by atoms with Crippen LogP contribution in [0.25, 0.3) is 0 Å². The molecule has 0 spiro atoms. The second kappa shape index (κ2) is 8.64. The van der Waals surface area contributed by atoms with Gasteiger partial charge in [0.05, 0.1) is 34.6 Å². The Kier molecular flexibility index (Phi) is 5.71. The third kappa shape index (κ3) is 3.78. The Hall–Kier alpha value is -3.91. The van der Waals surface area contributed by atoms with Crippen molar-refractivity contribution >= 4 is 47.1 Å². The van der Waals surface area contributed by atoms with E-state index in [1.54, 1.807) is 29.3 Å². The van der Waals surface area contributed by atoms with Gasteiger partial charge >= 0.3 is 6.18 Å². The molecule has 2 atom stereocenters. The van der Waals surface area contributed by atoms with Crippen LogP contribution in [0.15, 0.2) is 48.7 Å². The average molecular weight is 511 g/mol. The van der Waals surface area contributed by atoms with E-state index in [2.05, 4.69) is 15.6 Å². The Morgan fingerprint density at radius 3 is 2.53 bits per heavy atom. The van der Waals surface area contributed by atoms with E-state index < -0.39 is 22.8 Å². The van der Waals surface area contributed by atoms with Crippen LogP contribution >= 0.6 is 12.6 Å². The van der Waals surface area contributed by atoms with E-state index in [9.17, 15) is 23.2 Å². The first-order valence-electron chi connectivity index (χ1n) is 11.2. The minimum absolute atomic E-state index is 0.165. The molecule has 0 radical (unpaired) electrons. The van der Waals surface area contributed by atoms with Crippen LogP contribution in [-0.4, -0.2) is 22.6 Å². The minimum Gasteiger partial charge on any atom is -0.365 e. The van der Waals surface area contributed by atoms with Crippen LogP contribution in [0.3, 0.4) is 0 Å². The molecule has 3 aromatic rings. The summed E-state index contributed by atoms with van der Waals surface area (Å²) in [7, 11) is 0. The van der Waals surface area contributed by atoms with Crippen LogP contribution in [0.1, 0.15) is 40.4 Å². The summed E-state index contributed by atoms with van der Waals surface area (Å²) in [5, 5.41) is 15.4. The number of aryl methyl sites for hydroxylation is 1. The number of amides is 1. The number of nitrogens with zero attached hydrogens (tertiary/aromatic N) is 4. The molecule has 0 aliphatic carbocycles. The van der Waals surface area contributed by atoms with Crippen molar-refractivity contribution in [2.75, 3.05) is 15.1 Å². The smallest absolute Gasteiger partial charge is 0.365 e. The molecule has 0 saturated heterocycles. The summed E-state index contributed by atoms with van der Waals surface area (Å²) in [5.74, 6) is 0.202. The molecule has 184 valence electrons. The lowest BCUT2D eigenvalue weighted by molar-refractivity contribution is -0.137. The fourth-order valence-corrected chi connectivity index (χ4v) is 5.03. The van der Waals surface area contributed by atoms with E-state index >= 15 is 0 Å². The molecule has 0 fully saturated rings. The molecule has 2 aliphatic rings. The lowest BCUT2D eigenvalue weighted by Gasteiger charge is -2.31. The molecule has 2 aromatic carbocycles. The lowest BCUT2D eigenvalue weighted by Crippen LogP contribution is -2.44. The summed E-state index contributed by atoms with van der Waals surface area (Å²) < 4.78 is 41.1. The van der Waals surface area contributed by atoms with Crippen LogP contribution in [0.4, 0.5) is 41.7 Å². The molecule has 1 unspecified atom stereocenters. The third-order valence-electron chi connectivity index (χ3n) is 6.31. The van der Waals surface area contributed by atoms with Crippen LogP contribution in [0.5, 0.6) is 0 Å². The number of fused-ring (bicyclic) bond motifs is 2. The van der Waals surface area contributed by atoms with Gasteiger partial charge in [-0.1, -0.05) is 6.92 Å². The maximum absolute atomic E-state index is 13.7. The number of rotatable bonds is 3. The Morgan fingerprint density at radius 1 is 1.11 bits per heavy atom. The van der Waals surface area contributed by atoms with Gasteiger partial charge in [0.25, 0.3) is 5.91 Å². The zero-order valence-corrected chi connectivity index (χ0v) is 20.2. The second-order valence-corrected chi connectivity index (χ2v) is 9.00. The molecular formula is C25H21F3N6OS. The number of alkyl halides is 3. The Balaban J connectivity index is 1.63. The maximum Gasteiger partial charge on any atom is 0.417 e. The van der Waals surface area contributed by atoms with E-state index in [-0.39, 0.29) is 17.8 Å². The average Bonchev–Trinajstić information content (AvgIpc) is 3.15. The van der Waals surface area contributed by atoms with Crippen LogP contribution < -0.4 is 20.4 Å². The number of thiol groups is 1. The number of nitrogens with one attached hydrogen (secondary N) is 2. The number of hydrogen-bond acceptors (Lipinski definition) is 7.